The molecule has 1 aromatic heterocycles. The lowest BCUT2D eigenvalue weighted by Crippen LogP contribution is -2.17. The van der Waals surface area contributed by atoms with E-state index in [0.29, 0.717) is 4.60 Å². The van der Waals surface area contributed by atoms with Gasteiger partial charge in [0.1, 0.15) is 4.60 Å². The Morgan fingerprint density at radius 3 is 3.36 bits per heavy atom. The highest BCUT2D eigenvalue weighted by Gasteiger charge is 2.01. The van der Waals surface area contributed by atoms with Crippen LogP contribution in [-0.2, 0) is 0 Å². The van der Waals surface area contributed by atoms with Gasteiger partial charge in [0, 0.05) is 22.8 Å². The summed E-state index contributed by atoms with van der Waals surface area (Å²) in [5, 5.41) is 1.88. The summed E-state index contributed by atoms with van der Waals surface area (Å²) in [6.07, 6.45) is 1.42. The van der Waals surface area contributed by atoms with Crippen LogP contribution < -0.4 is 5.32 Å². The van der Waals surface area contributed by atoms with E-state index in [1.165, 1.54) is 18.3 Å². The Balaban J connectivity index is 2.80. The molecule has 1 heterocycles. The van der Waals surface area contributed by atoms with Crippen molar-refractivity contribution in [2.45, 2.75) is 0 Å². The minimum absolute atomic E-state index is 0.253. The number of pyridine rings is 1. The van der Waals surface area contributed by atoms with Crippen molar-refractivity contribution in [2.75, 3.05) is 6.98 Å². The molecule has 4 heteroatoms. The molecule has 0 saturated heterocycles. The van der Waals surface area contributed by atoms with Crippen LogP contribution in [-0.4, -0.2) is 17.9 Å². The summed E-state index contributed by atoms with van der Waals surface area (Å²) >= 11 is 3.08. The maximum absolute atomic E-state index is 11.3. The third kappa shape index (κ3) is 2.01. The van der Waals surface area contributed by atoms with Gasteiger partial charge >= 0.3 is 0 Å². The molecule has 0 unspecified atom stereocenters. The molecule has 0 aliphatic rings. The molecule has 11 heavy (non-hydrogen) atoms. The molecule has 0 saturated carbocycles. The van der Waals surface area contributed by atoms with Crippen molar-refractivity contribution >= 4 is 21.8 Å². The third-order valence-corrected chi connectivity index (χ3v) is 1.54. The molecule has 0 spiro atoms. The van der Waals surface area contributed by atoms with Crippen molar-refractivity contribution in [1.29, 1.82) is 0 Å². The standard InChI is InChI=1S/C7H7BrN2O/c1-9-7(11)5-2-3-10-6(8)4-5/h2-4H,1H3,(H,9,11)/i1D3. The number of rotatable bonds is 1. The monoisotopic (exact) mass is 217 g/mol. The van der Waals surface area contributed by atoms with E-state index < -0.39 is 12.9 Å². The van der Waals surface area contributed by atoms with Gasteiger partial charge in [-0.3, -0.25) is 4.79 Å². The van der Waals surface area contributed by atoms with Gasteiger partial charge in [-0.1, -0.05) is 0 Å². The van der Waals surface area contributed by atoms with Gasteiger partial charge in [-0.15, -0.1) is 0 Å². The Hall–Kier alpha value is -0.900. The number of aromatic nitrogens is 1. The molecule has 1 rings (SSSR count). The highest BCUT2D eigenvalue weighted by molar-refractivity contribution is 9.10. The van der Waals surface area contributed by atoms with Crippen LogP contribution in [0.15, 0.2) is 22.9 Å². The normalized spacial score (nSPS) is 14.5. The van der Waals surface area contributed by atoms with Gasteiger partial charge in [0.25, 0.3) is 5.91 Å². The van der Waals surface area contributed by atoms with E-state index in [2.05, 4.69) is 20.9 Å². The molecule has 58 valence electrons. The van der Waals surface area contributed by atoms with Crippen LogP contribution in [0.25, 0.3) is 0 Å². The highest BCUT2D eigenvalue weighted by atomic mass is 79.9. The van der Waals surface area contributed by atoms with E-state index in [9.17, 15) is 4.79 Å². The van der Waals surface area contributed by atoms with Gasteiger partial charge in [0.2, 0.25) is 0 Å². The minimum Gasteiger partial charge on any atom is -0.355 e. The van der Waals surface area contributed by atoms with Crippen LogP contribution in [0.3, 0.4) is 0 Å². The Bertz CT molecular complexity index is 353. The summed E-state index contributed by atoms with van der Waals surface area (Å²) < 4.78 is 21.0. The van der Waals surface area contributed by atoms with E-state index >= 15 is 0 Å². The Morgan fingerprint density at radius 2 is 2.73 bits per heavy atom. The van der Waals surface area contributed by atoms with Crippen LogP contribution in [0.4, 0.5) is 0 Å². The lowest BCUT2D eigenvalue weighted by atomic mass is 10.2. The summed E-state index contributed by atoms with van der Waals surface area (Å²) in [5.74, 6) is -0.645. The van der Waals surface area contributed by atoms with Gasteiger partial charge in [0.05, 0.1) is 0 Å². The number of nitrogens with one attached hydrogen (secondary N) is 1. The first-order valence-electron chi connectivity index (χ1n) is 4.32. The van der Waals surface area contributed by atoms with Crippen LogP contribution >= 0.6 is 15.9 Å². The fourth-order valence-electron chi connectivity index (χ4n) is 0.616. The van der Waals surface area contributed by atoms with Crippen molar-refractivity contribution < 1.29 is 8.91 Å². The zero-order chi connectivity index (χ0) is 10.8. The minimum atomic E-state index is -2.47. The maximum Gasteiger partial charge on any atom is 0.251 e. The summed E-state index contributed by atoms with van der Waals surface area (Å²) in [5.41, 5.74) is 0.253. The van der Waals surface area contributed by atoms with Gasteiger partial charge in [-0.2, -0.15) is 0 Å². The van der Waals surface area contributed by atoms with Gasteiger partial charge in [-0.25, -0.2) is 4.98 Å². The van der Waals surface area contributed by atoms with Crippen LogP contribution in [0.1, 0.15) is 14.5 Å². The largest absolute Gasteiger partial charge is 0.355 e. The molecule has 1 amide bonds. The van der Waals surface area contributed by atoms with E-state index in [-0.39, 0.29) is 5.56 Å². The Kier molecular flexibility index (Phi) is 1.54. The molecule has 0 aliphatic carbocycles. The van der Waals surface area contributed by atoms with E-state index in [4.69, 9.17) is 4.11 Å². The first-order chi connectivity index (χ1) is 6.38. The average molecular weight is 218 g/mol. The highest BCUT2D eigenvalue weighted by Crippen LogP contribution is 2.07. The predicted octanol–water partition coefficient (Wildman–Crippen LogP) is 1.20. The van der Waals surface area contributed by atoms with Crippen molar-refractivity contribution in [3.63, 3.8) is 0 Å². The number of nitrogens with zero attached hydrogens (tertiary/aromatic N) is 1. The molecular formula is C7H7BrN2O. The van der Waals surface area contributed by atoms with E-state index in [1.54, 1.807) is 0 Å². The molecule has 0 fully saturated rings. The summed E-state index contributed by atoms with van der Waals surface area (Å²) in [4.78, 5) is 15.1. The lowest BCUT2D eigenvalue weighted by Gasteiger charge is -1.97. The van der Waals surface area contributed by atoms with E-state index in [0.717, 1.165) is 0 Å². The van der Waals surface area contributed by atoms with Crippen LogP contribution in [0.2, 0.25) is 0 Å². The van der Waals surface area contributed by atoms with Crippen molar-refractivity contribution in [2.24, 2.45) is 0 Å². The van der Waals surface area contributed by atoms with Crippen molar-refractivity contribution in [3.8, 4) is 0 Å². The Labute approximate surface area is 77.2 Å². The number of halogens is 1. The molecule has 1 aromatic rings. The summed E-state index contributed by atoms with van der Waals surface area (Å²) in [6, 6.07) is 2.88. The molecule has 3 nitrogen and oxygen atoms in total. The fraction of sp³-hybridized carbons (Fsp3) is 0.143. The third-order valence-electron chi connectivity index (χ3n) is 1.10. The second kappa shape index (κ2) is 3.48. The topological polar surface area (TPSA) is 42.0 Å². The van der Waals surface area contributed by atoms with Gasteiger partial charge in [0.15, 0.2) is 0 Å². The second-order valence-corrected chi connectivity index (χ2v) is 2.63. The fourth-order valence-corrected chi connectivity index (χ4v) is 0.981. The number of hydrogen-bond donors (Lipinski definition) is 1. The lowest BCUT2D eigenvalue weighted by molar-refractivity contribution is 0.0963. The van der Waals surface area contributed by atoms with Gasteiger partial charge in [-0.05, 0) is 28.1 Å². The predicted molar refractivity (Wildman–Crippen MR) is 45.3 cm³/mol. The summed E-state index contributed by atoms with van der Waals surface area (Å²) in [6.45, 7) is -2.47. The maximum atomic E-state index is 11.3. The molecular weight excluding hydrogens is 208 g/mol. The molecule has 0 bridgehead atoms. The first-order valence-corrected chi connectivity index (χ1v) is 3.62. The molecule has 0 aliphatic heterocycles. The summed E-state index contributed by atoms with van der Waals surface area (Å²) in [7, 11) is 0. The number of carbonyl (C=O) groups excluding carboxylic acids is 1. The molecule has 0 atom stereocenters. The number of hydrogen-bond acceptors (Lipinski definition) is 2. The van der Waals surface area contributed by atoms with E-state index in [1.807, 2.05) is 5.32 Å². The Morgan fingerprint density at radius 1 is 1.91 bits per heavy atom. The zero-order valence-electron chi connectivity index (χ0n) is 8.47. The quantitative estimate of drug-likeness (QED) is 0.719. The number of carbonyl (C=O) groups is 1. The van der Waals surface area contributed by atoms with Gasteiger partial charge < -0.3 is 5.32 Å². The molecule has 0 radical (unpaired) electrons. The van der Waals surface area contributed by atoms with Crippen LogP contribution in [0.5, 0.6) is 0 Å². The average Bonchev–Trinajstić information content (AvgIpc) is 2.01. The first kappa shape index (κ1) is 4.87. The smallest absolute Gasteiger partial charge is 0.251 e. The number of amides is 1. The van der Waals surface area contributed by atoms with Crippen molar-refractivity contribution in [3.05, 3.63) is 28.5 Å². The second-order valence-electron chi connectivity index (χ2n) is 1.82. The molecule has 0 aromatic carbocycles. The SMILES string of the molecule is [2H]C([2H])([2H])NC(=O)c1ccnc(Br)c1. The molecule has 1 N–H and O–H groups in total. The zero-order valence-corrected chi connectivity index (χ0v) is 7.05. The van der Waals surface area contributed by atoms with Crippen molar-refractivity contribution in [1.82, 2.24) is 10.3 Å². The van der Waals surface area contributed by atoms with Crippen LogP contribution in [0, 0.1) is 0 Å².